The number of furan rings is 1. The van der Waals surface area contributed by atoms with E-state index in [1.807, 2.05) is 0 Å². The lowest BCUT2D eigenvalue weighted by molar-refractivity contribution is -0.132. The largest absolute Gasteiger partial charge is 0.478 e. The smallest absolute Gasteiger partial charge is 0.339 e. The molecule has 1 aliphatic rings. The van der Waals surface area contributed by atoms with Crippen molar-refractivity contribution < 1.29 is 23.5 Å². The highest BCUT2D eigenvalue weighted by molar-refractivity contribution is 5.89. The van der Waals surface area contributed by atoms with E-state index >= 15 is 0 Å². The number of rotatable bonds is 5. The maximum absolute atomic E-state index is 13.0. The molecule has 2 aromatic rings. The number of benzene rings is 1. The van der Waals surface area contributed by atoms with E-state index in [9.17, 15) is 14.0 Å². The number of halogens is 1. The minimum Gasteiger partial charge on any atom is -0.478 e. The highest BCUT2D eigenvalue weighted by Crippen LogP contribution is 2.48. The molecule has 0 saturated heterocycles. The van der Waals surface area contributed by atoms with Crippen molar-refractivity contribution >= 4 is 11.9 Å². The third-order valence-corrected chi connectivity index (χ3v) is 4.37. The van der Waals surface area contributed by atoms with Gasteiger partial charge in [0.05, 0.1) is 6.54 Å². The number of carbonyl (C=O) groups is 2. The van der Waals surface area contributed by atoms with Crippen LogP contribution in [0.5, 0.6) is 0 Å². The number of carbonyl (C=O) groups excluding carboxylic acids is 1. The quantitative estimate of drug-likeness (QED) is 0.913. The van der Waals surface area contributed by atoms with Crippen molar-refractivity contribution in [3.8, 4) is 0 Å². The van der Waals surface area contributed by atoms with Crippen molar-refractivity contribution in [2.24, 2.45) is 5.92 Å². The van der Waals surface area contributed by atoms with E-state index in [1.165, 1.54) is 23.1 Å². The van der Waals surface area contributed by atoms with E-state index < -0.39 is 5.97 Å². The van der Waals surface area contributed by atoms with Gasteiger partial charge in [0.25, 0.3) is 0 Å². The Morgan fingerprint density at radius 3 is 2.58 bits per heavy atom. The molecule has 2 unspecified atom stereocenters. The van der Waals surface area contributed by atoms with Crippen LogP contribution in [0.1, 0.15) is 39.8 Å². The Morgan fingerprint density at radius 1 is 1.33 bits per heavy atom. The Kier molecular flexibility index (Phi) is 4.13. The predicted octanol–water partition coefficient (Wildman–Crippen LogP) is 3.19. The topological polar surface area (TPSA) is 70.8 Å². The van der Waals surface area contributed by atoms with Crippen LogP contribution in [-0.2, 0) is 11.3 Å². The summed E-state index contributed by atoms with van der Waals surface area (Å²) in [7, 11) is 1.67. The molecular formula is C18H18FNO4. The monoisotopic (exact) mass is 331 g/mol. The van der Waals surface area contributed by atoms with Crippen molar-refractivity contribution in [3.63, 3.8) is 0 Å². The average molecular weight is 331 g/mol. The molecule has 3 rings (SSSR count). The van der Waals surface area contributed by atoms with Crippen molar-refractivity contribution in [2.45, 2.75) is 25.8 Å². The zero-order valence-electron chi connectivity index (χ0n) is 13.5. The van der Waals surface area contributed by atoms with Gasteiger partial charge in [-0.2, -0.15) is 0 Å². The molecule has 1 amide bonds. The zero-order chi connectivity index (χ0) is 17.4. The molecule has 5 nitrogen and oxygen atoms in total. The summed E-state index contributed by atoms with van der Waals surface area (Å²) < 4.78 is 18.4. The number of hydrogen-bond donors (Lipinski definition) is 1. The van der Waals surface area contributed by atoms with Crippen LogP contribution in [-0.4, -0.2) is 28.9 Å². The van der Waals surface area contributed by atoms with Gasteiger partial charge >= 0.3 is 5.97 Å². The predicted molar refractivity (Wildman–Crippen MR) is 84.1 cm³/mol. The highest BCUT2D eigenvalue weighted by atomic mass is 19.1. The number of carboxylic acids is 1. The summed E-state index contributed by atoms with van der Waals surface area (Å²) in [6, 6.07) is 7.67. The van der Waals surface area contributed by atoms with E-state index in [-0.39, 0.29) is 35.7 Å². The first-order valence-corrected chi connectivity index (χ1v) is 7.70. The number of hydrogen-bond acceptors (Lipinski definition) is 3. The molecule has 1 aromatic carbocycles. The van der Waals surface area contributed by atoms with Gasteiger partial charge < -0.3 is 14.4 Å². The van der Waals surface area contributed by atoms with Crippen molar-refractivity contribution in [2.75, 3.05) is 7.05 Å². The van der Waals surface area contributed by atoms with Gasteiger partial charge in [0.1, 0.15) is 22.9 Å². The lowest BCUT2D eigenvalue weighted by Crippen LogP contribution is -2.27. The van der Waals surface area contributed by atoms with E-state index in [2.05, 4.69) is 0 Å². The van der Waals surface area contributed by atoms with Crippen LogP contribution in [0.2, 0.25) is 0 Å². The maximum atomic E-state index is 13.0. The minimum atomic E-state index is -1.05. The summed E-state index contributed by atoms with van der Waals surface area (Å²) in [5, 5.41) is 9.03. The Balaban J connectivity index is 1.63. The second-order valence-corrected chi connectivity index (χ2v) is 6.18. The van der Waals surface area contributed by atoms with Gasteiger partial charge in [-0.05, 0) is 43.0 Å². The molecule has 2 atom stereocenters. The molecule has 126 valence electrons. The van der Waals surface area contributed by atoms with E-state index in [4.69, 9.17) is 9.52 Å². The summed E-state index contributed by atoms with van der Waals surface area (Å²) >= 11 is 0. The van der Waals surface area contributed by atoms with E-state index in [0.29, 0.717) is 11.5 Å². The second kappa shape index (κ2) is 6.11. The molecule has 1 aliphatic carbocycles. The van der Waals surface area contributed by atoms with Crippen LogP contribution in [0.4, 0.5) is 4.39 Å². The number of carboxylic acid groups (broad SMARTS) is 1. The summed E-state index contributed by atoms with van der Waals surface area (Å²) in [4.78, 5) is 25.0. The molecule has 0 spiro atoms. The first-order valence-electron chi connectivity index (χ1n) is 7.70. The number of amides is 1. The molecule has 1 aromatic heterocycles. The molecule has 1 saturated carbocycles. The molecular weight excluding hydrogens is 313 g/mol. The Morgan fingerprint density at radius 2 is 2.00 bits per heavy atom. The molecule has 0 radical (unpaired) electrons. The molecule has 1 heterocycles. The average Bonchev–Trinajstić information content (AvgIpc) is 3.24. The normalized spacial score (nSPS) is 19.1. The summed E-state index contributed by atoms with van der Waals surface area (Å²) in [5.41, 5.74) is 1.08. The fourth-order valence-electron chi connectivity index (χ4n) is 2.97. The van der Waals surface area contributed by atoms with Crippen LogP contribution < -0.4 is 0 Å². The molecule has 0 bridgehead atoms. The van der Waals surface area contributed by atoms with Gasteiger partial charge in [-0.3, -0.25) is 4.79 Å². The van der Waals surface area contributed by atoms with E-state index in [1.54, 1.807) is 26.1 Å². The lowest BCUT2D eigenvalue weighted by Gasteiger charge is -2.15. The Hall–Kier alpha value is -2.63. The summed E-state index contributed by atoms with van der Waals surface area (Å²) in [6.07, 6.45) is 0.742. The van der Waals surface area contributed by atoms with Gasteiger partial charge in [0.2, 0.25) is 5.91 Å². The van der Waals surface area contributed by atoms with Crippen LogP contribution >= 0.6 is 0 Å². The van der Waals surface area contributed by atoms with Gasteiger partial charge in [0.15, 0.2) is 0 Å². The molecule has 6 heteroatoms. The number of aromatic carboxylic acids is 1. The molecule has 1 fully saturated rings. The van der Waals surface area contributed by atoms with Crippen LogP contribution in [0.3, 0.4) is 0 Å². The highest BCUT2D eigenvalue weighted by Gasteiger charge is 2.45. The Bertz CT molecular complexity index is 781. The van der Waals surface area contributed by atoms with Gasteiger partial charge in [-0.1, -0.05) is 12.1 Å². The maximum Gasteiger partial charge on any atom is 0.339 e. The van der Waals surface area contributed by atoms with Gasteiger partial charge in [-0.25, -0.2) is 9.18 Å². The third-order valence-electron chi connectivity index (χ3n) is 4.37. The number of aryl methyl sites for hydroxylation is 1. The number of nitrogens with zero attached hydrogens (tertiary/aromatic N) is 1. The van der Waals surface area contributed by atoms with Gasteiger partial charge in [0, 0.05) is 13.0 Å². The third kappa shape index (κ3) is 3.18. The van der Waals surface area contributed by atoms with Gasteiger partial charge in [-0.15, -0.1) is 0 Å². The first-order chi connectivity index (χ1) is 11.4. The van der Waals surface area contributed by atoms with Crippen molar-refractivity contribution in [1.29, 1.82) is 0 Å². The zero-order valence-corrected chi connectivity index (χ0v) is 13.5. The second-order valence-electron chi connectivity index (χ2n) is 6.18. The molecule has 24 heavy (non-hydrogen) atoms. The van der Waals surface area contributed by atoms with E-state index in [0.717, 1.165) is 12.0 Å². The Labute approximate surface area is 138 Å². The fraction of sp³-hybridized carbons (Fsp3) is 0.333. The van der Waals surface area contributed by atoms with Crippen LogP contribution in [0.25, 0.3) is 0 Å². The van der Waals surface area contributed by atoms with Crippen molar-refractivity contribution in [3.05, 3.63) is 58.8 Å². The van der Waals surface area contributed by atoms with Crippen LogP contribution in [0.15, 0.2) is 34.7 Å². The van der Waals surface area contributed by atoms with Crippen molar-refractivity contribution in [1.82, 2.24) is 4.90 Å². The lowest BCUT2D eigenvalue weighted by atomic mass is 10.1. The van der Waals surface area contributed by atoms with Crippen LogP contribution in [0, 0.1) is 18.7 Å². The standard InChI is InChI=1S/C18H18FNO4/c1-10-14(18(22)23)7-13(24-10)9-20(2)17(21)16-8-15(16)11-3-5-12(19)6-4-11/h3-7,15-16H,8-9H2,1-2H3,(H,22,23). The minimum absolute atomic E-state index is 0.0183. The SMILES string of the molecule is Cc1oc(CN(C)C(=O)C2CC2c2ccc(F)cc2)cc1C(=O)O. The molecule has 0 aliphatic heterocycles. The fourth-order valence-corrected chi connectivity index (χ4v) is 2.97. The summed E-state index contributed by atoms with van der Waals surface area (Å²) in [5.74, 6) is -0.579. The molecule has 1 N–H and O–H groups in total. The summed E-state index contributed by atoms with van der Waals surface area (Å²) in [6.45, 7) is 1.81. The first kappa shape index (κ1) is 16.2.